The molecule has 3 N–H and O–H groups in total. The number of β-lactam (4-membered cyclic amide) rings is 1. The molecular weight excluding hydrogens is 496 g/mol. The number of pyridine rings is 1. The smallest absolute Gasteiger partial charge is 0.286 e. The quantitative estimate of drug-likeness (QED) is 0.158. The highest BCUT2D eigenvalue weighted by Crippen LogP contribution is 2.40. The number of fused-ring (bicyclic) bond motifs is 2. The number of nitrogens with zero attached hydrogens (tertiary/aromatic N) is 6. The van der Waals surface area contributed by atoms with Gasteiger partial charge >= 0.3 is 0 Å². The average molecular weight is 515 g/mol. The van der Waals surface area contributed by atoms with Crippen molar-refractivity contribution in [2.24, 2.45) is 5.16 Å². The van der Waals surface area contributed by atoms with Crippen LogP contribution < -0.4 is 20.7 Å². The highest BCUT2D eigenvalue weighted by atomic mass is 32.2. The van der Waals surface area contributed by atoms with Crippen molar-refractivity contribution in [2.45, 2.75) is 18.0 Å². The molecule has 2 amide bonds. The van der Waals surface area contributed by atoms with E-state index in [4.69, 9.17) is 10.6 Å². The van der Waals surface area contributed by atoms with Gasteiger partial charge < -0.3 is 25.8 Å². The van der Waals surface area contributed by atoms with Crippen molar-refractivity contribution in [2.75, 3.05) is 18.6 Å². The molecule has 1 fully saturated rings. The van der Waals surface area contributed by atoms with Gasteiger partial charge in [0.25, 0.3) is 17.5 Å². The predicted molar refractivity (Wildman–Crippen MR) is 123 cm³/mol. The zero-order chi connectivity index (χ0) is 24.7. The Labute approximate surface area is 206 Å². The minimum absolute atomic E-state index is 0.0406. The van der Waals surface area contributed by atoms with Crippen LogP contribution in [-0.4, -0.2) is 66.4 Å². The van der Waals surface area contributed by atoms with Crippen molar-refractivity contribution in [3.05, 3.63) is 53.9 Å². The van der Waals surface area contributed by atoms with Crippen LogP contribution in [-0.2, 0) is 25.8 Å². The molecule has 3 aromatic rings. The van der Waals surface area contributed by atoms with E-state index < -0.39 is 29.2 Å². The highest BCUT2D eigenvalue weighted by molar-refractivity contribution is 8.00. The molecule has 13 nitrogen and oxygen atoms in total. The van der Waals surface area contributed by atoms with Gasteiger partial charge in [-0.2, -0.15) is 9.36 Å². The van der Waals surface area contributed by atoms with Gasteiger partial charge in [0.05, 0.1) is 17.9 Å². The number of carbonyl (C=O) groups is 3. The minimum Gasteiger partial charge on any atom is -0.543 e. The molecule has 0 saturated carbocycles. The van der Waals surface area contributed by atoms with E-state index in [0.29, 0.717) is 11.3 Å². The minimum atomic E-state index is -1.45. The number of carboxylic acid groups (broad SMARTS) is 1. The summed E-state index contributed by atoms with van der Waals surface area (Å²) in [6.07, 6.45) is 5.58. The summed E-state index contributed by atoms with van der Waals surface area (Å²) < 4.78 is 7.74. The van der Waals surface area contributed by atoms with Crippen molar-refractivity contribution in [3.8, 4) is 0 Å². The van der Waals surface area contributed by atoms with E-state index in [1.165, 1.54) is 18.9 Å². The van der Waals surface area contributed by atoms with Crippen molar-refractivity contribution < 1.29 is 28.9 Å². The number of carbonyl (C=O) groups excluding carboxylic acids is 3. The van der Waals surface area contributed by atoms with E-state index in [1.54, 1.807) is 0 Å². The number of hydrogen-bond donors (Lipinski definition) is 2. The molecule has 2 aliphatic heterocycles. The van der Waals surface area contributed by atoms with Gasteiger partial charge in [0.1, 0.15) is 37.5 Å². The van der Waals surface area contributed by atoms with Crippen molar-refractivity contribution >= 4 is 57.6 Å². The van der Waals surface area contributed by atoms with Gasteiger partial charge in [-0.05, 0) is 6.07 Å². The van der Waals surface area contributed by atoms with Crippen molar-refractivity contribution in [3.63, 3.8) is 0 Å². The van der Waals surface area contributed by atoms with Gasteiger partial charge in [-0.25, -0.2) is 8.97 Å². The summed E-state index contributed by atoms with van der Waals surface area (Å²) in [6, 6.07) is 4.71. The third-order valence-electron chi connectivity index (χ3n) is 5.51. The van der Waals surface area contributed by atoms with Crippen LogP contribution in [0.15, 0.2) is 53.2 Å². The van der Waals surface area contributed by atoms with Crippen LogP contribution in [0.2, 0.25) is 0 Å². The summed E-state index contributed by atoms with van der Waals surface area (Å²) in [4.78, 5) is 47.6. The number of hydrogen-bond acceptors (Lipinski definition) is 11. The fraction of sp³-hybridized carbons (Fsp3) is 0.250. The number of anilines is 1. The number of carboxylic acids is 1. The van der Waals surface area contributed by atoms with Gasteiger partial charge in [0, 0.05) is 28.9 Å². The second-order valence-corrected chi connectivity index (χ2v) is 9.46. The Morgan fingerprint density at radius 2 is 2.23 bits per heavy atom. The van der Waals surface area contributed by atoms with Crippen LogP contribution in [0.25, 0.3) is 5.65 Å². The number of thioether (sulfide) groups is 1. The van der Waals surface area contributed by atoms with Crippen LogP contribution in [0.1, 0.15) is 5.82 Å². The van der Waals surface area contributed by atoms with E-state index >= 15 is 0 Å². The molecule has 0 bridgehead atoms. The molecule has 2 atom stereocenters. The number of rotatable bonds is 7. The fourth-order valence-electron chi connectivity index (χ4n) is 3.99. The lowest BCUT2D eigenvalue weighted by Gasteiger charge is -2.50. The summed E-state index contributed by atoms with van der Waals surface area (Å²) in [5, 5.41) is 17.8. The van der Waals surface area contributed by atoms with Gasteiger partial charge in [0.15, 0.2) is 5.13 Å². The first kappa shape index (κ1) is 22.8. The number of amides is 2. The standard InChI is InChI=1S/C20H18N8O5S2/c1-33-24-12(15-23-20(21)35-25-15)16(29)22-13-17(30)28-14(19(31)32)10(9-34-18(13)28)8-27-7-6-26-5-3-2-4-11(26)27/h2-7,13,18H,8-9H2,1H3,(H3-,21,22,23,25,29,31,32)/b24-12-/t13-,18+/m1/s1. The van der Waals surface area contributed by atoms with Gasteiger partial charge in [-0.1, -0.05) is 11.2 Å². The molecule has 5 heterocycles. The SMILES string of the molecule is CO/N=C(\C(=O)N[C@@H]1C(=O)N2C(C(=O)[O-])=C(C[n+]3ccn4ccccc43)CS[C@@H]12)c1nsc(N)n1. The largest absolute Gasteiger partial charge is 0.543 e. The average Bonchev–Trinajstić information content (AvgIpc) is 3.46. The Balaban J connectivity index is 1.37. The molecule has 2 aliphatic rings. The lowest BCUT2D eigenvalue weighted by molar-refractivity contribution is -0.662. The summed E-state index contributed by atoms with van der Waals surface area (Å²) >= 11 is 2.23. The molecule has 1 saturated heterocycles. The Bertz CT molecular complexity index is 1410. The van der Waals surface area contributed by atoms with E-state index in [1.807, 2.05) is 45.8 Å². The lowest BCUT2D eigenvalue weighted by atomic mass is 10.0. The van der Waals surface area contributed by atoms with Crippen LogP contribution in [0.5, 0.6) is 0 Å². The van der Waals surface area contributed by atoms with E-state index in [-0.39, 0.29) is 28.9 Å². The number of nitrogen functional groups attached to an aromatic ring is 1. The molecule has 0 radical (unpaired) electrons. The second-order valence-electron chi connectivity index (χ2n) is 7.57. The molecule has 0 aromatic carbocycles. The summed E-state index contributed by atoms with van der Waals surface area (Å²) in [7, 11) is 1.25. The van der Waals surface area contributed by atoms with E-state index in [2.05, 4.69) is 19.8 Å². The molecular formula is C20H18N8O5S2. The maximum atomic E-state index is 13.0. The summed E-state index contributed by atoms with van der Waals surface area (Å²) in [6.45, 7) is 0.270. The number of nitrogens with two attached hydrogens (primary N) is 1. The second kappa shape index (κ2) is 8.99. The maximum Gasteiger partial charge on any atom is 0.286 e. The van der Waals surface area contributed by atoms with Crippen LogP contribution >= 0.6 is 23.3 Å². The first-order valence-electron chi connectivity index (χ1n) is 10.2. The highest BCUT2D eigenvalue weighted by Gasteiger charge is 2.53. The van der Waals surface area contributed by atoms with Crippen LogP contribution in [0.4, 0.5) is 5.13 Å². The molecule has 15 heteroatoms. The maximum absolute atomic E-state index is 13.0. The Morgan fingerprint density at radius 1 is 1.40 bits per heavy atom. The number of aliphatic carboxylic acids is 1. The number of aromatic nitrogens is 4. The molecule has 35 heavy (non-hydrogen) atoms. The van der Waals surface area contributed by atoms with E-state index in [9.17, 15) is 19.5 Å². The van der Waals surface area contributed by atoms with Gasteiger partial charge in [-0.15, -0.1) is 11.8 Å². The third kappa shape index (κ3) is 3.97. The van der Waals surface area contributed by atoms with Gasteiger partial charge in [-0.3, -0.25) is 14.5 Å². The zero-order valence-electron chi connectivity index (χ0n) is 18.2. The van der Waals surface area contributed by atoms with Crippen LogP contribution in [0.3, 0.4) is 0 Å². The molecule has 0 unspecified atom stereocenters. The van der Waals surface area contributed by atoms with Crippen molar-refractivity contribution in [1.82, 2.24) is 24.0 Å². The Morgan fingerprint density at radius 3 is 2.94 bits per heavy atom. The Hall–Kier alpha value is -3.98. The zero-order valence-corrected chi connectivity index (χ0v) is 19.8. The van der Waals surface area contributed by atoms with Crippen molar-refractivity contribution in [1.29, 1.82) is 0 Å². The molecule has 0 aliphatic carbocycles. The molecule has 0 spiro atoms. The number of oxime groups is 1. The first-order valence-corrected chi connectivity index (χ1v) is 12.1. The van der Waals surface area contributed by atoms with Gasteiger partial charge in [0.2, 0.25) is 11.5 Å². The number of nitrogens with one attached hydrogen (secondary N) is 1. The Kier molecular flexibility index (Phi) is 5.86. The summed E-state index contributed by atoms with van der Waals surface area (Å²) in [5.74, 6) is -2.47. The predicted octanol–water partition coefficient (Wildman–Crippen LogP) is -1.88. The fourth-order valence-corrected chi connectivity index (χ4v) is 5.76. The normalized spacial score (nSPS) is 20.0. The van der Waals surface area contributed by atoms with Crippen LogP contribution in [0, 0.1) is 0 Å². The first-order chi connectivity index (χ1) is 16.9. The molecule has 5 rings (SSSR count). The monoisotopic (exact) mass is 514 g/mol. The lowest BCUT2D eigenvalue weighted by Crippen LogP contribution is -2.71. The molecule has 3 aromatic heterocycles. The topological polar surface area (TPSA) is 171 Å². The third-order valence-corrected chi connectivity index (χ3v) is 7.39. The van der Waals surface area contributed by atoms with E-state index in [0.717, 1.165) is 22.1 Å². The molecule has 180 valence electrons. The summed E-state index contributed by atoms with van der Waals surface area (Å²) in [5.41, 5.74) is 6.56. The number of imidazole rings is 1.